The molecule has 0 aliphatic carbocycles. The second-order valence-electron chi connectivity index (χ2n) is 6.85. The molecule has 1 aromatic carbocycles. The highest BCUT2D eigenvalue weighted by atomic mass is 16.2. The van der Waals surface area contributed by atoms with E-state index >= 15 is 0 Å². The van der Waals surface area contributed by atoms with Crippen molar-refractivity contribution in [1.29, 1.82) is 0 Å². The Labute approximate surface area is 130 Å². The molecular formula is C18H23N3O. The van der Waals surface area contributed by atoms with E-state index in [2.05, 4.69) is 45.5 Å². The molecule has 2 aliphatic rings. The van der Waals surface area contributed by atoms with Crippen LogP contribution in [0.15, 0.2) is 30.3 Å². The number of benzene rings is 1. The number of aromatic amines is 1. The summed E-state index contributed by atoms with van der Waals surface area (Å²) >= 11 is 0. The summed E-state index contributed by atoms with van der Waals surface area (Å²) in [5.41, 5.74) is 2.51. The number of H-pyrrole nitrogens is 1. The normalized spacial score (nSPS) is 27.5. The Morgan fingerprint density at radius 1 is 1.41 bits per heavy atom. The lowest BCUT2D eigenvalue weighted by atomic mass is 9.90. The van der Waals surface area contributed by atoms with Crippen LogP contribution in [0.1, 0.15) is 31.9 Å². The summed E-state index contributed by atoms with van der Waals surface area (Å²) in [5, 5.41) is 5.06. The van der Waals surface area contributed by atoms with Gasteiger partial charge < -0.3 is 15.2 Å². The van der Waals surface area contributed by atoms with Crippen molar-refractivity contribution in [2.24, 2.45) is 0 Å². The fourth-order valence-electron chi connectivity index (χ4n) is 4.19. The van der Waals surface area contributed by atoms with E-state index in [1.807, 2.05) is 6.92 Å². The number of aromatic nitrogens is 1. The summed E-state index contributed by atoms with van der Waals surface area (Å²) in [7, 11) is 0. The highest BCUT2D eigenvalue weighted by Crippen LogP contribution is 2.33. The fraction of sp³-hybridized carbons (Fsp3) is 0.500. The van der Waals surface area contributed by atoms with Crippen molar-refractivity contribution in [2.45, 2.75) is 44.2 Å². The van der Waals surface area contributed by atoms with Crippen LogP contribution in [0.5, 0.6) is 0 Å². The van der Waals surface area contributed by atoms with Gasteiger partial charge in [0.15, 0.2) is 0 Å². The zero-order valence-corrected chi connectivity index (χ0v) is 13.1. The maximum Gasteiger partial charge on any atom is 0.222 e. The minimum atomic E-state index is 0.0502. The van der Waals surface area contributed by atoms with Crippen molar-refractivity contribution in [3.8, 4) is 0 Å². The van der Waals surface area contributed by atoms with E-state index in [1.165, 1.54) is 23.0 Å². The van der Waals surface area contributed by atoms with Gasteiger partial charge in [0, 0.05) is 48.7 Å². The third kappa shape index (κ3) is 2.31. The summed E-state index contributed by atoms with van der Waals surface area (Å²) < 4.78 is 0. The number of fused-ring (bicyclic) bond motifs is 3. The molecule has 4 heteroatoms. The lowest BCUT2D eigenvalue weighted by Crippen LogP contribution is -2.61. The van der Waals surface area contributed by atoms with Crippen LogP contribution in [0.25, 0.3) is 10.9 Å². The molecule has 116 valence electrons. The largest absolute Gasteiger partial charge is 0.358 e. The molecule has 0 radical (unpaired) electrons. The molecule has 2 fully saturated rings. The van der Waals surface area contributed by atoms with Crippen molar-refractivity contribution >= 4 is 16.8 Å². The lowest BCUT2D eigenvalue weighted by Gasteiger charge is -2.41. The molecule has 2 N–H and O–H groups in total. The summed E-state index contributed by atoms with van der Waals surface area (Å²) in [6.45, 7) is 3.67. The van der Waals surface area contributed by atoms with Gasteiger partial charge in [-0.25, -0.2) is 0 Å². The number of hydrogen-bond acceptors (Lipinski definition) is 2. The SMILES string of the molecule is CCC(=O)N1CC2CCC(Cc3cc4ccccc4[nH]3)(C1)N2. The van der Waals surface area contributed by atoms with E-state index in [0.29, 0.717) is 12.5 Å². The smallest absolute Gasteiger partial charge is 0.222 e. The van der Waals surface area contributed by atoms with Crippen molar-refractivity contribution in [3.63, 3.8) is 0 Å². The zero-order valence-electron chi connectivity index (χ0n) is 13.1. The quantitative estimate of drug-likeness (QED) is 0.914. The molecule has 4 rings (SSSR count). The van der Waals surface area contributed by atoms with E-state index in [4.69, 9.17) is 0 Å². The minimum absolute atomic E-state index is 0.0502. The van der Waals surface area contributed by atoms with Crippen LogP contribution in [0.3, 0.4) is 0 Å². The summed E-state index contributed by atoms with van der Waals surface area (Å²) in [5.74, 6) is 0.287. The molecule has 3 heterocycles. The van der Waals surface area contributed by atoms with Crippen LogP contribution < -0.4 is 5.32 Å². The highest BCUT2D eigenvalue weighted by Gasteiger charge is 2.45. The van der Waals surface area contributed by atoms with E-state index in [9.17, 15) is 4.79 Å². The van der Waals surface area contributed by atoms with Crippen molar-refractivity contribution < 1.29 is 4.79 Å². The molecule has 0 saturated carbocycles. The Morgan fingerprint density at radius 2 is 2.27 bits per heavy atom. The van der Waals surface area contributed by atoms with Gasteiger partial charge in [0.25, 0.3) is 0 Å². The van der Waals surface area contributed by atoms with Gasteiger partial charge in [-0.15, -0.1) is 0 Å². The van der Waals surface area contributed by atoms with Gasteiger partial charge >= 0.3 is 0 Å². The highest BCUT2D eigenvalue weighted by molar-refractivity contribution is 5.80. The van der Waals surface area contributed by atoms with Gasteiger partial charge in [-0.05, 0) is 30.4 Å². The van der Waals surface area contributed by atoms with Crippen molar-refractivity contribution in [1.82, 2.24) is 15.2 Å². The monoisotopic (exact) mass is 297 g/mol. The standard InChI is InChI=1S/C18H23N3O/c1-2-17(22)21-11-14-7-8-18(12-21,20-14)10-15-9-13-5-3-4-6-16(13)19-15/h3-6,9,14,19-20H,2,7-8,10-12H2,1H3. The maximum absolute atomic E-state index is 12.1. The maximum atomic E-state index is 12.1. The number of hydrogen-bond donors (Lipinski definition) is 2. The molecule has 2 atom stereocenters. The van der Waals surface area contributed by atoms with Crippen LogP contribution in [0, 0.1) is 0 Å². The molecule has 2 unspecified atom stereocenters. The van der Waals surface area contributed by atoms with Crippen molar-refractivity contribution in [3.05, 3.63) is 36.0 Å². The number of carbonyl (C=O) groups excluding carboxylic acids is 1. The number of nitrogens with one attached hydrogen (secondary N) is 2. The first-order chi connectivity index (χ1) is 10.7. The van der Waals surface area contributed by atoms with Crippen LogP contribution >= 0.6 is 0 Å². The number of carbonyl (C=O) groups is 1. The Balaban J connectivity index is 1.59. The van der Waals surface area contributed by atoms with Gasteiger partial charge in [0.2, 0.25) is 5.91 Å². The van der Waals surface area contributed by atoms with Crippen molar-refractivity contribution in [2.75, 3.05) is 13.1 Å². The molecule has 2 bridgehead atoms. The molecule has 1 aromatic heterocycles. The molecule has 4 nitrogen and oxygen atoms in total. The molecule has 2 aromatic rings. The second kappa shape index (κ2) is 5.13. The first kappa shape index (κ1) is 13.8. The summed E-state index contributed by atoms with van der Waals surface area (Å²) in [4.78, 5) is 17.7. The van der Waals surface area contributed by atoms with E-state index in [0.717, 1.165) is 25.9 Å². The van der Waals surface area contributed by atoms with Gasteiger partial charge in [-0.2, -0.15) is 0 Å². The number of likely N-dealkylation sites (tertiary alicyclic amines) is 1. The Hall–Kier alpha value is -1.81. The third-order valence-electron chi connectivity index (χ3n) is 5.19. The number of piperazine rings is 1. The van der Waals surface area contributed by atoms with Crippen LogP contribution in [0.2, 0.25) is 0 Å². The average Bonchev–Trinajstić information content (AvgIpc) is 3.06. The van der Waals surface area contributed by atoms with Gasteiger partial charge in [-0.1, -0.05) is 25.1 Å². The summed E-state index contributed by atoms with van der Waals surface area (Å²) in [6, 6.07) is 11.1. The molecule has 22 heavy (non-hydrogen) atoms. The number of rotatable bonds is 3. The minimum Gasteiger partial charge on any atom is -0.358 e. The fourth-order valence-corrected chi connectivity index (χ4v) is 4.19. The topological polar surface area (TPSA) is 48.1 Å². The first-order valence-corrected chi connectivity index (χ1v) is 8.29. The van der Waals surface area contributed by atoms with Crippen LogP contribution in [-0.2, 0) is 11.2 Å². The Kier molecular flexibility index (Phi) is 3.22. The lowest BCUT2D eigenvalue weighted by molar-refractivity contribution is -0.133. The predicted octanol–water partition coefficient (Wildman–Crippen LogP) is 2.45. The van der Waals surface area contributed by atoms with Gasteiger partial charge in [-0.3, -0.25) is 4.79 Å². The van der Waals surface area contributed by atoms with Crippen LogP contribution in [0.4, 0.5) is 0 Å². The van der Waals surface area contributed by atoms with Crippen LogP contribution in [-0.4, -0.2) is 40.5 Å². The number of nitrogens with zero attached hydrogens (tertiary/aromatic N) is 1. The Morgan fingerprint density at radius 3 is 3.09 bits per heavy atom. The van der Waals surface area contributed by atoms with Gasteiger partial charge in [0.1, 0.15) is 0 Å². The third-order valence-corrected chi connectivity index (χ3v) is 5.19. The summed E-state index contributed by atoms with van der Waals surface area (Å²) in [6.07, 6.45) is 3.90. The Bertz CT molecular complexity index is 674. The first-order valence-electron chi connectivity index (χ1n) is 8.29. The van der Waals surface area contributed by atoms with E-state index in [1.54, 1.807) is 0 Å². The molecule has 2 aliphatic heterocycles. The zero-order chi connectivity index (χ0) is 15.2. The molecule has 2 saturated heterocycles. The second-order valence-corrected chi connectivity index (χ2v) is 6.85. The van der Waals surface area contributed by atoms with Gasteiger partial charge in [0.05, 0.1) is 0 Å². The number of amides is 1. The average molecular weight is 297 g/mol. The predicted molar refractivity (Wildman–Crippen MR) is 87.8 cm³/mol. The van der Waals surface area contributed by atoms with E-state index in [-0.39, 0.29) is 11.4 Å². The number of para-hydroxylation sites is 1. The molecule has 1 amide bonds. The van der Waals surface area contributed by atoms with E-state index < -0.39 is 0 Å². The molecule has 0 spiro atoms. The molecular weight excluding hydrogens is 274 g/mol.